The summed E-state index contributed by atoms with van der Waals surface area (Å²) < 4.78 is 19.3. The molecule has 134 valence electrons. The number of benzene rings is 2. The lowest BCUT2D eigenvalue weighted by Crippen LogP contribution is -2.11. The topological polar surface area (TPSA) is 46.5 Å². The van der Waals surface area contributed by atoms with Crippen LogP contribution in [0.2, 0.25) is 0 Å². The van der Waals surface area contributed by atoms with Gasteiger partial charge in [0, 0.05) is 4.90 Å². The van der Waals surface area contributed by atoms with Gasteiger partial charge in [-0.2, -0.15) is 0 Å². The van der Waals surface area contributed by atoms with Crippen LogP contribution in [0.15, 0.2) is 46.9 Å². The zero-order valence-electron chi connectivity index (χ0n) is 14.7. The number of thioether (sulfide) groups is 1. The summed E-state index contributed by atoms with van der Waals surface area (Å²) in [6, 6.07) is 11.0. The number of methoxy groups -OCH3 is 1. The van der Waals surface area contributed by atoms with E-state index in [0.29, 0.717) is 11.1 Å². The Morgan fingerprint density at radius 2 is 1.96 bits per heavy atom. The van der Waals surface area contributed by atoms with Crippen molar-refractivity contribution in [2.24, 2.45) is 5.92 Å². The molecule has 0 radical (unpaired) electrons. The lowest BCUT2D eigenvalue weighted by Gasteiger charge is -2.12. The highest BCUT2D eigenvalue weighted by Gasteiger charge is 2.28. The van der Waals surface area contributed by atoms with E-state index in [1.807, 2.05) is 36.6 Å². The molecule has 1 atom stereocenters. The number of fused-ring (bicyclic) bond motifs is 1. The fraction of sp³-hybridized carbons (Fsp3) is 0.190. The van der Waals surface area contributed by atoms with Crippen LogP contribution < -0.4 is 4.74 Å². The van der Waals surface area contributed by atoms with Gasteiger partial charge >= 0.3 is 5.97 Å². The SMILES string of the molecule is COc1cc2c(cc1F)/C(=C\c1ccc(SC)cc1)C(C(C)C(=O)O)=C2. The van der Waals surface area contributed by atoms with E-state index in [9.17, 15) is 14.3 Å². The second-order valence-corrected chi connectivity index (χ2v) is 6.94. The van der Waals surface area contributed by atoms with Crippen LogP contribution >= 0.6 is 11.8 Å². The number of carboxylic acid groups (broad SMARTS) is 1. The maximum absolute atomic E-state index is 14.2. The van der Waals surface area contributed by atoms with E-state index in [1.165, 1.54) is 13.2 Å². The highest BCUT2D eigenvalue weighted by molar-refractivity contribution is 7.98. The zero-order chi connectivity index (χ0) is 18.8. The molecule has 1 N–H and O–H groups in total. The van der Waals surface area contributed by atoms with Gasteiger partial charge < -0.3 is 9.84 Å². The van der Waals surface area contributed by atoms with Crippen molar-refractivity contribution in [2.45, 2.75) is 11.8 Å². The van der Waals surface area contributed by atoms with Gasteiger partial charge in [-0.3, -0.25) is 4.79 Å². The van der Waals surface area contributed by atoms with Crippen LogP contribution in [0, 0.1) is 11.7 Å². The van der Waals surface area contributed by atoms with Crippen LogP contribution in [0.25, 0.3) is 17.7 Å². The molecule has 2 aromatic carbocycles. The first-order valence-corrected chi connectivity index (χ1v) is 9.35. The number of allylic oxidation sites excluding steroid dienone is 1. The summed E-state index contributed by atoms with van der Waals surface area (Å²) >= 11 is 1.65. The molecule has 2 aromatic rings. The number of rotatable bonds is 5. The molecular formula is C21H19FO3S. The van der Waals surface area contributed by atoms with Crippen molar-refractivity contribution >= 4 is 35.5 Å². The fourth-order valence-electron chi connectivity index (χ4n) is 3.00. The minimum Gasteiger partial charge on any atom is -0.494 e. The predicted octanol–water partition coefficient (Wildman–Crippen LogP) is 5.21. The number of carbonyl (C=O) groups is 1. The van der Waals surface area contributed by atoms with E-state index >= 15 is 0 Å². The van der Waals surface area contributed by atoms with Crippen LogP contribution in [0.3, 0.4) is 0 Å². The normalized spacial score (nSPS) is 15.5. The maximum atomic E-state index is 14.2. The first-order valence-electron chi connectivity index (χ1n) is 8.13. The number of carboxylic acids is 1. The highest BCUT2D eigenvalue weighted by atomic mass is 32.2. The Balaban J connectivity index is 2.13. The third-order valence-corrected chi connectivity index (χ3v) is 5.24. The van der Waals surface area contributed by atoms with Gasteiger partial charge in [-0.05, 0) is 77.4 Å². The Morgan fingerprint density at radius 3 is 2.54 bits per heavy atom. The molecule has 0 amide bonds. The van der Waals surface area contributed by atoms with Crippen molar-refractivity contribution in [1.82, 2.24) is 0 Å². The Morgan fingerprint density at radius 1 is 1.27 bits per heavy atom. The molecule has 0 heterocycles. The molecular weight excluding hydrogens is 351 g/mol. The van der Waals surface area contributed by atoms with Gasteiger partial charge in [0.2, 0.25) is 0 Å². The van der Waals surface area contributed by atoms with Crippen molar-refractivity contribution < 1.29 is 19.0 Å². The highest BCUT2D eigenvalue weighted by Crippen LogP contribution is 2.42. The van der Waals surface area contributed by atoms with Crippen LogP contribution in [0.4, 0.5) is 4.39 Å². The van der Waals surface area contributed by atoms with E-state index < -0.39 is 17.7 Å². The van der Waals surface area contributed by atoms with Crippen molar-refractivity contribution in [1.29, 1.82) is 0 Å². The largest absolute Gasteiger partial charge is 0.494 e. The molecule has 3 nitrogen and oxygen atoms in total. The van der Waals surface area contributed by atoms with Crippen LogP contribution in [0.1, 0.15) is 23.6 Å². The first-order chi connectivity index (χ1) is 12.4. The van der Waals surface area contributed by atoms with Crippen LogP contribution in [-0.2, 0) is 4.79 Å². The van der Waals surface area contributed by atoms with E-state index in [0.717, 1.165) is 21.6 Å². The lowest BCUT2D eigenvalue weighted by atomic mass is 9.92. The summed E-state index contributed by atoms with van der Waals surface area (Å²) in [5.41, 5.74) is 3.77. The molecule has 0 saturated heterocycles. The molecule has 0 aliphatic heterocycles. The molecule has 0 saturated carbocycles. The van der Waals surface area contributed by atoms with Crippen LogP contribution in [-0.4, -0.2) is 24.4 Å². The summed E-state index contributed by atoms with van der Waals surface area (Å²) in [7, 11) is 1.41. The molecule has 5 heteroatoms. The molecule has 26 heavy (non-hydrogen) atoms. The average Bonchev–Trinajstić information content (AvgIpc) is 2.98. The number of aliphatic carboxylic acids is 1. The summed E-state index contributed by atoms with van der Waals surface area (Å²) in [6.07, 6.45) is 5.72. The third-order valence-electron chi connectivity index (χ3n) is 4.50. The third kappa shape index (κ3) is 3.40. The second kappa shape index (κ2) is 7.38. The fourth-order valence-corrected chi connectivity index (χ4v) is 3.41. The first kappa shape index (κ1) is 18.3. The Bertz CT molecular complexity index is 914. The van der Waals surface area contributed by atoms with E-state index in [1.54, 1.807) is 30.8 Å². The zero-order valence-corrected chi connectivity index (χ0v) is 15.6. The van der Waals surface area contributed by atoms with Crippen LogP contribution in [0.5, 0.6) is 5.75 Å². The molecule has 0 fully saturated rings. The van der Waals surface area contributed by atoms with Gasteiger partial charge in [-0.15, -0.1) is 11.8 Å². The van der Waals surface area contributed by atoms with Gasteiger partial charge in [0.1, 0.15) is 0 Å². The maximum Gasteiger partial charge on any atom is 0.310 e. The number of ether oxygens (including phenoxy) is 1. The molecule has 0 spiro atoms. The minimum atomic E-state index is -0.917. The molecule has 0 bridgehead atoms. The molecule has 1 unspecified atom stereocenters. The Hall–Kier alpha value is -2.53. The van der Waals surface area contributed by atoms with Gasteiger partial charge in [0.05, 0.1) is 13.0 Å². The van der Waals surface area contributed by atoms with Gasteiger partial charge in [-0.25, -0.2) is 4.39 Å². The molecule has 1 aliphatic rings. The van der Waals surface area contributed by atoms with Gasteiger partial charge in [0.25, 0.3) is 0 Å². The number of hydrogen-bond donors (Lipinski definition) is 1. The average molecular weight is 370 g/mol. The minimum absolute atomic E-state index is 0.146. The predicted molar refractivity (Wildman–Crippen MR) is 104 cm³/mol. The van der Waals surface area contributed by atoms with Crippen molar-refractivity contribution in [2.75, 3.05) is 13.4 Å². The van der Waals surface area contributed by atoms with E-state index in [2.05, 4.69) is 0 Å². The van der Waals surface area contributed by atoms with Gasteiger partial charge in [0.15, 0.2) is 11.6 Å². The van der Waals surface area contributed by atoms with Crippen molar-refractivity contribution in [3.05, 3.63) is 64.5 Å². The molecule has 1 aliphatic carbocycles. The van der Waals surface area contributed by atoms with Crippen molar-refractivity contribution in [3.63, 3.8) is 0 Å². The summed E-state index contributed by atoms with van der Waals surface area (Å²) in [5, 5.41) is 9.46. The summed E-state index contributed by atoms with van der Waals surface area (Å²) in [4.78, 5) is 12.7. The Kier molecular flexibility index (Phi) is 5.18. The Labute approximate surface area is 156 Å². The monoisotopic (exact) mass is 370 g/mol. The smallest absolute Gasteiger partial charge is 0.310 e. The summed E-state index contributed by atoms with van der Waals surface area (Å²) in [6.45, 7) is 1.64. The van der Waals surface area contributed by atoms with Crippen molar-refractivity contribution in [3.8, 4) is 5.75 Å². The number of hydrogen-bond acceptors (Lipinski definition) is 3. The van der Waals surface area contributed by atoms with E-state index in [4.69, 9.17) is 4.74 Å². The second-order valence-electron chi connectivity index (χ2n) is 6.06. The standard InChI is InChI=1S/C21H19FO3S/c1-12(21(23)24)16-9-14-10-20(25-2)19(22)11-17(14)18(16)8-13-4-6-15(26-3)7-5-13/h4-12H,1-3H3,(H,23,24)/b18-8-. The van der Waals surface area contributed by atoms with E-state index in [-0.39, 0.29) is 5.75 Å². The molecule has 3 rings (SSSR count). The number of halogens is 1. The lowest BCUT2D eigenvalue weighted by molar-refractivity contribution is -0.139. The summed E-state index contributed by atoms with van der Waals surface area (Å²) in [5.74, 6) is -1.94. The van der Waals surface area contributed by atoms with Gasteiger partial charge in [-0.1, -0.05) is 12.1 Å². The quantitative estimate of drug-likeness (QED) is 0.734. The molecule has 0 aromatic heterocycles.